The van der Waals surface area contributed by atoms with Gasteiger partial charge in [0.2, 0.25) is 5.91 Å². The Bertz CT molecular complexity index is 374. The first-order valence-corrected chi connectivity index (χ1v) is 5.76. The highest BCUT2D eigenvalue weighted by atomic mass is 19.1. The van der Waals surface area contributed by atoms with Gasteiger partial charge < -0.3 is 5.32 Å². The Balaban J connectivity index is 1.73. The predicted molar refractivity (Wildman–Crippen MR) is 60.5 cm³/mol. The zero-order valence-corrected chi connectivity index (χ0v) is 9.21. The van der Waals surface area contributed by atoms with Crippen LogP contribution in [0.25, 0.3) is 0 Å². The quantitative estimate of drug-likeness (QED) is 0.812. The summed E-state index contributed by atoms with van der Waals surface area (Å²) in [4.78, 5) is 11.4. The molecule has 0 atom stereocenters. The summed E-state index contributed by atoms with van der Waals surface area (Å²) in [5, 5.41) is 2.87. The zero-order valence-electron chi connectivity index (χ0n) is 9.21. The number of amides is 1. The van der Waals surface area contributed by atoms with E-state index >= 15 is 0 Å². The number of nitrogens with one attached hydrogen (secondary N) is 1. The predicted octanol–water partition coefficient (Wildman–Crippen LogP) is 2.28. The van der Waals surface area contributed by atoms with Crippen molar-refractivity contribution in [2.45, 2.75) is 25.7 Å². The second kappa shape index (κ2) is 5.10. The molecule has 3 heteroatoms. The lowest BCUT2D eigenvalue weighted by molar-refractivity contribution is -0.121. The summed E-state index contributed by atoms with van der Waals surface area (Å²) in [7, 11) is 0. The molecule has 1 aliphatic rings. The molecular formula is C13H16FNO. The first-order valence-electron chi connectivity index (χ1n) is 5.76. The Morgan fingerprint density at radius 1 is 1.38 bits per heavy atom. The van der Waals surface area contributed by atoms with Gasteiger partial charge in [-0.15, -0.1) is 0 Å². The molecule has 1 fully saturated rings. The highest BCUT2D eigenvalue weighted by molar-refractivity contribution is 5.76. The van der Waals surface area contributed by atoms with Gasteiger partial charge >= 0.3 is 0 Å². The SMILES string of the molecule is O=C(CCc1ccccc1F)NCC1CC1. The van der Waals surface area contributed by atoms with Gasteiger partial charge in [-0.3, -0.25) is 4.79 Å². The van der Waals surface area contributed by atoms with Crippen LogP contribution in [0, 0.1) is 11.7 Å². The molecule has 0 spiro atoms. The summed E-state index contributed by atoms with van der Waals surface area (Å²) in [6, 6.07) is 6.60. The summed E-state index contributed by atoms with van der Waals surface area (Å²) >= 11 is 0. The summed E-state index contributed by atoms with van der Waals surface area (Å²) in [6.45, 7) is 0.788. The zero-order chi connectivity index (χ0) is 11.4. The summed E-state index contributed by atoms with van der Waals surface area (Å²) in [5.74, 6) is 0.491. The van der Waals surface area contributed by atoms with E-state index in [9.17, 15) is 9.18 Å². The third-order valence-corrected chi connectivity index (χ3v) is 2.86. The Morgan fingerprint density at radius 2 is 2.12 bits per heavy atom. The van der Waals surface area contributed by atoms with Gasteiger partial charge in [-0.25, -0.2) is 4.39 Å². The molecule has 16 heavy (non-hydrogen) atoms. The fraction of sp³-hybridized carbons (Fsp3) is 0.462. The van der Waals surface area contributed by atoms with Crippen molar-refractivity contribution in [3.05, 3.63) is 35.6 Å². The molecule has 1 aromatic carbocycles. The normalized spacial score (nSPS) is 14.8. The van der Waals surface area contributed by atoms with Gasteiger partial charge in [-0.05, 0) is 36.8 Å². The molecule has 0 aromatic heterocycles. The van der Waals surface area contributed by atoms with E-state index in [1.165, 1.54) is 18.9 Å². The minimum Gasteiger partial charge on any atom is -0.356 e. The monoisotopic (exact) mass is 221 g/mol. The van der Waals surface area contributed by atoms with Crippen molar-refractivity contribution in [3.63, 3.8) is 0 Å². The largest absolute Gasteiger partial charge is 0.356 e. The number of hydrogen-bond acceptors (Lipinski definition) is 1. The minimum absolute atomic E-state index is 0.0233. The number of benzene rings is 1. The molecule has 0 saturated heterocycles. The smallest absolute Gasteiger partial charge is 0.220 e. The van der Waals surface area contributed by atoms with E-state index in [1.54, 1.807) is 18.2 Å². The van der Waals surface area contributed by atoms with Gasteiger partial charge in [-0.2, -0.15) is 0 Å². The minimum atomic E-state index is -0.225. The molecule has 1 aromatic rings. The lowest BCUT2D eigenvalue weighted by Crippen LogP contribution is -2.25. The van der Waals surface area contributed by atoms with Crippen LogP contribution in [0.15, 0.2) is 24.3 Å². The molecule has 0 bridgehead atoms. The lowest BCUT2D eigenvalue weighted by Gasteiger charge is -2.04. The van der Waals surface area contributed by atoms with E-state index in [4.69, 9.17) is 0 Å². The molecule has 0 unspecified atom stereocenters. The second-order valence-corrected chi connectivity index (χ2v) is 4.34. The highest BCUT2D eigenvalue weighted by Gasteiger charge is 2.21. The fourth-order valence-electron chi connectivity index (χ4n) is 1.62. The number of halogens is 1. The van der Waals surface area contributed by atoms with E-state index in [0.717, 1.165) is 6.54 Å². The average Bonchev–Trinajstić information content (AvgIpc) is 3.09. The van der Waals surface area contributed by atoms with Crippen molar-refractivity contribution < 1.29 is 9.18 Å². The van der Waals surface area contributed by atoms with Gasteiger partial charge in [0.15, 0.2) is 0 Å². The second-order valence-electron chi connectivity index (χ2n) is 4.34. The van der Waals surface area contributed by atoms with E-state index in [2.05, 4.69) is 5.32 Å². The van der Waals surface area contributed by atoms with Crippen molar-refractivity contribution >= 4 is 5.91 Å². The molecule has 2 nitrogen and oxygen atoms in total. The van der Waals surface area contributed by atoms with Crippen LogP contribution >= 0.6 is 0 Å². The lowest BCUT2D eigenvalue weighted by atomic mass is 10.1. The number of hydrogen-bond donors (Lipinski definition) is 1. The first-order chi connectivity index (χ1) is 7.75. The van der Waals surface area contributed by atoms with Crippen molar-refractivity contribution in [1.82, 2.24) is 5.32 Å². The van der Waals surface area contributed by atoms with Crippen molar-refractivity contribution in [1.29, 1.82) is 0 Å². The van der Waals surface area contributed by atoms with Gasteiger partial charge in [0.05, 0.1) is 0 Å². The molecule has 1 saturated carbocycles. The number of rotatable bonds is 5. The molecule has 0 heterocycles. The van der Waals surface area contributed by atoms with Crippen molar-refractivity contribution in [3.8, 4) is 0 Å². The topological polar surface area (TPSA) is 29.1 Å². The van der Waals surface area contributed by atoms with Crippen LogP contribution in [-0.4, -0.2) is 12.5 Å². The Hall–Kier alpha value is -1.38. The first kappa shape index (κ1) is 11.1. The van der Waals surface area contributed by atoms with Crippen LogP contribution in [0.2, 0.25) is 0 Å². The third kappa shape index (κ3) is 3.33. The number of carbonyl (C=O) groups excluding carboxylic acids is 1. The summed E-state index contributed by atoms with van der Waals surface area (Å²) < 4.78 is 13.2. The molecule has 1 amide bonds. The molecule has 1 N–H and O–H groups in total. The van der Waals surface area contributed by atoms with Crippen molar-refractivity contribution in [2.75, 3.05) is 6.54 Å². The number of aryl methyl sites for hydroxylation is 1. The molecule has 0 aliphatic heterocycles. The average molecular weight is 221 g/mol. The molecule has 1 aliphatic carbocycles. The molecule has 86 valence electrons. The van der Waals surface area contributed by atoms with Gasteiger partial charge in [0.25, 0.3) is 0 Å². The molecular weight excluding hydrogens is 205 g/mol. The Labute approximate surface area is 94.9 Å². The van der Waals surface area contributed by atoms with Gasteiger partial charge in [0.1, 0.15) is 5.82 Å². The maximum atomic E-state index is 13.2. The van der Waals surface area contributed by atoms with Crippen LogP contribution in [0.1, 0.15) is 24.8 Å². The molecule has 2 rings (SSSR count). The maximum Gasteiger partial charge on any atom is 0.220 e. The Morgan fingerprint density at radius 3 is 2.81 bits per heavy atom. The standard InChI is InChI=1S/C13H16FNO/c14-12-4-2-1-3-11(12)7-8-13(16)15-9-10-5-6-10/h1-4,10H,5-9H2,(H,15,16). The van der Waals surface area contributed by atoms with Crippen LogP contribution in [-0.2, 0) is 11.2 Å². The third-order valence-electron chi connectivity index (χ3n) is 2.86. The summed E-state index contributed by atoms with van der Waals surface area (Å²) in [6.07, 6.45) is 3.30. The van der Waals surface area contributed by atoms with E-state index in [-0.39, 0.29) is 11.7 Å². The van der Waals surface area contributed by atoms with Crippen LogP contribution in [0.5, 0.6) is 0 Å². The highest BCUT2D eigenvalue weighted by Crippen LogP contribution is 2.27. The van der Waals surface area contributed by atoms with Crippen molar-refractivity contribution in [2.24, 2.45) is 5.92 Å². The van der Waals surface area contributed by atoms with E-state index in [0.29, 0.717) is 24.3 Å². The molecule has 0 radical (unpaired) electrons. The van der Waals surface area contributed by atoms with E-state index in [1.807, 2.05) is 0 Å². The number of carbonyl (C=O) groups is 1. The summed E-state index contributed by atoms with van der Waals surface area (Å²) in [5.41, 5.74) is 0.615. The van der Waals surface area contributed by atoms with Gasteiger partial charge in [-0.1, -0.05) is 18.2 Å². The Kier molecular flexibility index (Phi) is 3.54. The van der Waals surface area contributed by atoms with Crippen LogP contribution < -0.4 is 5.32 Å². The van der Waals surface area contributed by atoms with Crippen LogP contribution in [0.4, 0.5) is 4.39 Å². The fourth-order valence-corrected chi connectivity index (χ4v) is 1.62. The maximum absolute atomic E-state index is 13.2. The van der Waals surface area contributed by atoms with E-state index < -0.39 is 0 Å². The van der Waals surface area contributed by atoms with Crippen LogP contribution in [0.3, 0.4) is 0 Å². The van der Waals surface area contributed by atoms with Gasteiger partial charge in [0, 0.05) is 13.0 Å².